The Morgan fingerprint density at radius 1 is 1.77 bits per heavy atom. The highest BCUT2D eigenvalue weighted by atomic mass is 32.2. The Balaban J connectivity index is 2.34. The lowest BCUT2D eigenvalue weighted by atomic mass is 9.81. The Morgan fingerprint density at radius 3 is 2.92 bits per heavy atom. The van der Waals surface area contributed by atoms with Crippen LogP contribution in [0.1, 0.15) is 12.8 Å². The van der Waals surface area contributed by atoms with Gasteiger partial charge in [-0.3, -0.25) is 10.3 Å². The third-order valence-electron chi connectivity index (χ3n) is 2.13. The van der Waals surface area contributed by atoms with Crippen molar-refractivity contribution in [3.8, 4) is 6.19 Å². The van der Waals surface area contributed by atoms with Crippen molar-refractivity contribution in [2.75, 3.05) is 12.9 Å². The summed E-state index contributed by atoms with van der Waals surface area (Å²) in [7, 11) is 0. The Hall–Kier alpha value is -0.730. The van der Waals surface area contributed by atoms with Crippen LogP contribution in [0.2, 0.25) is 0 Å². The SMILES string of the molecule is CSC(=NC1CC(CO)C1)NC#N. The van der Waals surface area contributed by atoms with Gasteiger partial charge in [0.15, 0.2) is 11.4 Å². The molecular weight excluding hydrogens is 186 g/mol. The molecule has 2 N–H and O–H groups in total. The molecule has 1 fully saturated rings. The lowest BCUT2D eigenvalue weighted by Gasteiger charge is -2.31. The zero-order valence-electron chi connectivity index (χ0n) is 7.53. The van der Waals surface area contributed by atoms with E-state index in [1.165, 1.54) is 11.8 Å². The first-order chi connectivity index (χ1) is 6.30. The van der Waals surface area contributed by atoms with Crippen molar-refractivity contribution in [2.45, 2.75) is 18.9 Å². The van der Waals surface area contributed by atoms with E-state index in [0.29, 0.717) is 17.1 Å². The maximum atomic E-state index is 8.78. The van der Waals surface area contributed by atoms with Gasteiger partial charge in [0, 0.05) is 6.61 Å². The minimum Gasteiger partial charge on any atom is -0.396 e. The number of aliphatic hydroxyl groups is 1. The number of nitrogens with one attached hydrogen (secondary N) is 1. The van der Waals surface area contributed by atoms with Crippen molar-refractivity contribution in [3.63, 3.8) is 0 Å². The van der Waals surface area contributed by atoms with E-state index in [0.717, 1.165) is 12.8 Å². The van der Waals surface area contributed by atoms with Gasteiger partial charge in [-0.15, -0.1) is 0 Å². The van der Waals surface area contributed by atoms with E-state index in [-0.39, 0.29) is 6.61 Å². The summed E-state index contributed by atoms with van der Waals surface area (Å²) in [5, 5.41) is 20.3. The number of thioether (sulfide) groups is 1. The van der Waals surface area contributed by atoms with Gasteiger partial charge in [-0.05, 0) is 25.0 Å². The Bertz CT molecular complexity index is 230. The van der Waals surface area contributed by atoms with Crippen molar-refractivity contribution >= 4 is 16.9 Å². The standard InChI is InChI=1S/C8H13N3OS/c1-13-8(10-5-9)11-7-2-6(3-7)4-12/h6-7,12H,2-4H2,1H3,(H,10,11). The molecule has 13 heavy (non-hydrogen) atoms. The second kappa shape index (κ2) is 5.10. The quantitative estimate of drug-likeness (QED) is 0.295. The average molecular weight is 199 g/mol. The van der Waals surface area contributed by atoms with Crippen molar-refractivity contribution in [1.29, 1.82) is 5.26 Å². The van der Waals surface area contributed by atoms with Crippen LogP contribution in [0.15, 0.2) is 4.99 Å². The fourth-order valence-corrected chi connectivity index (χ4v) is 1.71. The summed E-state index contributed by atoms with van der Waals surface area (Å²) in [6.45, 7) is 0.256. The minimum atomic E-state index is 0.256. The van der Waals surface area contributed by atoms with Crippen LogP contribution in [-0.4, -0.2) is 29.2 Å². The predicted octanol–water partition coefficient (Wildman–Crippen LogP) is 0.547. The summed E-state index contributed by atoms with van der Waals surface area (Å²) in [5.74, 6) is 0.416. The zero-order valence-corrected chi connectivity index (χ0v) is 8.34. The molecule has 0 aromatic carbocycles. The smallest absolute Gasteiger partial charge is 0.183 e. The highest BCUT2D eigenvalue weighted by Gasteiger charge is 2.28. The van der Waals surface area contributed by atoms with E-state index in [2.05, 4.69) is 10.3 Å². The van der Waals surface area contributed by atoms with Gasteiger partial charge in [0.2, 0.25) is 0 Å². The number of aliphatic imine (C=N–C) groups is 1. The number of nitriles is 1. The predicted molar refractivity (Wildman–Crippen MR) is 53.3 cm³/mol. The van der Waals surface area contributed by atoms with E-state index < -0.39 is 0 Å². The molecule has 72 valence electrons. The molecule has 0 aromatic rings. The summed E-state index contributed by atoms with van der Waals surface area (Å²) in [5.41, 5.74) is 0. The fraction of sp³-hybridized carbons (Fsp3) is 0.750. The molecule has 0 aliphatic heterocycles. The summed E-state index contributed by atoms with van der Waals surface area (Å²) in [6, 6.07) is 0.292. The normalized spacial score (nSPS) is 27.6. The van der Waals surface area contributed by atoms with E-state index >= 15 is 0 Å². The van der Waals surface area contributed by atoms with Crippen LogP contribution in [0.25, 0.3) is 0 Å². The first kappa shape index (κ1) is 10.4. The number of hydrogen-bond donors (Lipinski definition) is 2. The number of nitrogens with zero attached hydrogens (tertiary/aromatic N) is 2. The van der Waals surface area contributed by atoms with E-state index in [9.17, 15) is 0 Å². The van der Waals surface area contributed by atoms with Crippen LogP contribution in [0.3, 0.4) is 0 Å². The van der Waals surface area contributed by atoms with Gasteiger partial charge in [-0.25, -0.2) is 0 Å². The number of hydrogen-bond acceptors (Lipinski definition) is 4. The topological polar surface area (TPSA) is 68.4 Å². The number of aliphatic hydroxyl groups excluding tert-OH is 1. The summed E-state index contributed by atoms with van der Waals surface area (Å²) >= 11 is 1.43. The van der Waals surface area contributed by atoms with E-state index in [1.807, 2.05) is 12.4 Å². The van der Waals surface area contributed by atoms with Crippen molar-refractivity contribution in [1.82, 2.24) is 5.32 Å². The van der Waals surface area contributed by atoms with Gasteiger partial charge in [0.05, 0.1) is 6.04 Å². The molecule has 0 aromatic heterocycles. The zero-order chi connectivity index (χ0) is 9.68. The molecule has 0 radical (unpaired) electrons. The summed E-state index contributed by atoms with van der Waals surface area (Å²) in [6.07, 6.45) is 5.60. The molecule has 0 amide bonds. The van der Waals surface area contributed by atoms with Crippen molar-refractivity contribution in [3.05, 3.63) is 0 Å². The van der Waals surface area contributed by atoms with E-state index in [1.54, 1.807) is 0 Å². The van der Waals surface area contributed by atoms with Gasteiger partial charge >= 0.3 is 0 Å². The monoisotopic (exact) mass is 199 g/mol. The first-order valence-electron chi connectivity index (χ1n) is 4.18. The van der Waals surface area contributed by atoms with Crippen LogP contribution in [0, 0.1) is 17.4 Å². The molecule has 0 unspecified atom stereocenters. The Morgan fingerprint density at radius 2 is 2.46 bits per heavy atom. The average Bonchev–Trinajstić information content (AvgIpc) is 2.08. The number of amidine groups is 1. The maximum absolute atomic E-state index is 8.78. The molecule has 1 rings (SSSR count). The maximum Gasteiger partial charge on any atom is 0.183 e. The lowest BCUT2D eigenvalue weighted by molar-refractivity contribution is 0.145. The van der Waals surface area contributed by atoms with Crippen molar-refractivity contribution < 1.29 is 5.11 Å². The molecule has 0 spiro atoms. The van der Waals surface area contributed by atoms with Crippen LogP contribution < -0.4 is 5.32 Å². The molecule has 1 aliphatic rings. The van der Waals surface area contributed by atoms with Gasteiger partial charge < -0.3 is 5.11 Å². The van der Waals surface area contributed by atoms with Crippen LogP contribution >= 0.6 is 11.8 Å². The molecule has 0 saturated heterocycles. The molecule has 0 heterocycles. The lowest BCUT2D eigenvalue weighted by Crippen LogP contribution is -2.31. The second-order valence-electron chi connectivity index (χ2n) is 3.05. The first-order valence-corrected chi connectivity index (χ1v) is 5.40. The van der Waals surface area contributed by atoms with E-state index in [4.69, 9.17) is 10.4 Å². The van der Waals surface area contributed by atoms with Gasteiger partial charge in [-0.2, -0.15) is 5.26 Å². The Kier molecular flexibility index (Phi) is 4.06. The summed E-state index contributed by atoms with van der Waals surface area (Å²) < 4.78 is 0. The van der Waals surface area contributed by atoms with Gasteiger partial charge in [0.25, 0.3) is 0 Å². The molecule has 0 bridgehead atoms. The van der Waals surface area contributed by atoms with Gasteiger partial charge in [0.1, 0.15) is 0 Å². The molecular formula is C8H13N3OS. The third kappa shape index (κ3) is 2.90. The fourth-order valence-electron chi connectivity index (χ4n) is 1.30. The number of rotatable bonds is 2. The molecule has 1 aliphatic carbocycles. The molecule has 4 nitrogen and oxygen atoms in total. The minimum absolute atomic E-state index is 0.256. The van der Waals surface area contributed by atoms with Crippen LogP contribution in [0.4, 0.5) is 0 Å². The molecule has 0 atom stereocenters. The van der Waals surface area contributed by atoms with Gasteiger partial charge in [-0.1, -0.05) is 11.8 Å². The third-order valence-corrected chi connectivity index (χ3v) is 2.72. The molecule has 1 saturated carbocycles. The highest BCUT2D eigenvalue weighted by molar-refractivity contribution is 8.13. The summed E-state index contributed by atoms with van der Waals surface area (Å²) in [4.78, 5) is 4.32. The van der Waals surface area contributed by atoms with Crippen LogP contribution in [-0.2, 0) is 0 Å². The highest BCUT2D eigenvalue weighted by Crippen LogP contribution is 2.29. The Labute approximate surface area is 82.0 Å². The largest absolute Gasteiger partial charge is 0.396 e. The van der Waals surface area contributed by atoms with Crippen molar-refractivity contribution in [2.24, 2.45) is 10.9 Å². The van der Waals surface area contributed by atoms with Crippen LogP contribution in [0.5, 0.6) is 0 Å². The molecule has 5 heteroatoms. The second-order valence-corrected chi connectivity index (χ2v) is 3.84.